The molecule has 0 saturated carbocycles. The van der Waals surface area contributed by atoms with Crippen molar-refractivity contribution in [1.29, 1.82) is 0 Å². The largest absolute Gasteiger partial charge is 0.490 e. The summed E-state index contributed by atoms with van der Waals surface area (Å²) >= 11 is 5.51. The monoisotopic (exact) mass is 238 g/mol. The third-order valence-electron chi connectivity index (χ3n) is 2.22. The molecule has 2 nitrogen and oxygen atoms in total. The Bertz CT molecular complexity index is 397. The minimum Gasteiger partial charge on any atom is -0.490 e. The molecule has 1 aromatic rings. The maximum atomic E-state index is 11.2. The van der Waals surface area contributed by atoms with Crippen molar-refractivity contribution in [3.63, 3.8) is 0 Å². The lowest BCUT2D eigenvalue weighted by Gasteiger charge is -2.12. The van der Waals surface area contributed by atoms with Crippen LogP contribution in [0.5, 0.6) is 5.75 Å². The van der Waals surface area contributed by atoms with Crippen LogP contribution in [0, 0.1) is 0 Å². The highest BCUT2D eigenvalue weighted by Crippen LogP contribution is 2.26. The van der Waals surface area contributed by atoms with Crippen molar-refractivity contribution in [2.45, 2.75) is 19.8 Å². The molecule has 0 N–H and O–H groups in total. The van der Waals surface area contributed by atoms with Gasteiger partial charge in [0.2, 0.25) is 0 Å². The van der Waals surface area contributed by atoms with Gasteiger partial charge in [-0.2, -0.15) is 0 Å². The fourth-order valence-electron chi connectivity index (χ4n) is 1.44. The molecule has 0 radical (unpaired) electrons. The molecule has 0 bridgehead atoms. The molecule has 3 heteroatoms. The second-order valence-electron chi connectivity index (χ2n) is 3.78. The molecule has 0 fully saturated rings. The number of hydrogen-bond acceptors (Lipinski definition) is 2. The minimum atomic E-state index is -0.432. The van der Waals surface area contributed by atoms with E-state index in [1.54, 1.807) is 18.2 Å². The predicted molar refractivity (Wildman–Crippen MR) is 66.4 cm³/mol. The van der Waals surface area contributed by atoms with Crippen LogP contribution in [0.3, 0.4) is 0 Å². The summed E-state index contributed by atoms with van der Waals surface area (Å²) in [6, 6.07) is 5.29. The molecule has 0 aliphatic carbocycles. The van der Waals surface area contributed by atoms with Gasteiger partial charge in [-0.15, -0.1) is 0 Å². The highest BCUT2D eigenvalue weighted by molar-refractivity contribution is 6.67. The molecule has 0 aliphatic heterocycles. The van der Waals surface area contributed by atoms with Crippen LogP contribution in [0.2, 0.25) is 0 Å². The van der Waals surface area contributed by atoms with Gasteiger partial charge in [0.25, 0.3) is 5.24 Å². The van der Waals surface area contributed by atoms with Crippen molar-refractivity contribution in [3.8, 4) is 5.75 Å². The number of benzene rings is 1. The smallest absolute Gasteiger partial charge is 0.252 e. The molecular formula is C13H15ClO2. The molecule has 86 valence electrons. The summed E-state index contributed by atoms with van der Waals surface area (Å²) in [5.41, 5.74) is 1.45. The first kappa shape index (κ1) is 12.8. The molecule has 0 heterocycles. The van der Waals surface area contributed by atoms with Crippen LogP contribution in [0.25, 0.3) is 0 Å². The second-order valence-corrected chi connectivity index (χ2v) is 4.12. The van der Waals surface area contributed by atoms with Gasteiger partial charge in [-0.3, -0.25) is 4.79 Å². The van der Waals surface area contributed by atoms with Gasteiger partial charge in [0.15, 0.2) is 0 Å². The Morgan fingerprint density at radius 2 is 2.25 bits per heavy atom. The first-order valence-electron chi connectivity index (χ1n) is 5.13. The van der Waals surface area contributed by atoms with Crippen LogP contribution in [0.4, 0.5) is 0 Å². The summed E-state index contributed by atoms with van der Waals surface area (Å²) in [5, 5.41) is -0.432. The molecule has 0 atom stereocenters. The molecule has 0 amide bonds. The van der Waals surface area contributed by atoms with Gasteiger partial charge in [0.1, 0.15) is 12.4 Å². The van der Waals surface area contributed by atoms with E-state index in [9.17, 15) is 4.79 Å². The van der Waals surface area contributed by atoms with Crippen molar-refractivity contribution >= 4 is 16.8 Å². The molecule has 1 rings (SSSR count). The van der Waals surface area contributed by atoms with Gasteiger partial charge in [-0.25, -0.2) is 0 Å². The molecule has 1 aromatic carbocycles. The Labute approximate surface area is 101 Å². The van der Waals surface area contributed by atoms with Crippen molar-refractivity contribution in [3.05, 3.63) is 42.0 Å². The molecule has 0 unspecified atom stereocenters. The van der Waals surface area contributed by atoms with E-state index >= 15 is 0 Å². The maximum absolute atomic E-state index is 11.2. The van der Waals surface area contributed by atoms with E-state index in [4.69, 9.17) is 16.3 Å². The van der Waals surface area contributed by atoms with E-state index < -0.39 is 5.24 Å². The Kier molecular flexibility index (Phi) is 4.56. The minimum absolute atomic E-state index is 0.227. The zero-order valence-electron chi connectivity index (χ0n) is 9.50. The van der Waals surface area contributed by atoms with Crippen LogP contribution >= 0.6 is 11.6 Å². The zero-order chi connectivity index (χ0) is 12.1. The summed E-state index contributed by atoms with van der Waals surface area (Å²) in [7, 11) is 0. The molecule has 0 saturated heterocycles. The van der Waals surface area contributed by atoms with Crippen molar-refractivity contribution in [2.75, 3.05) is 6.61 Å². The van der Waals surface area contributed by atoms with Crippen LogP contribution < -0.4 is 4.74 Å². The van der Waals surface area contributed by atoms with E-state index in [0.717, 1.165) is 11.3 Å². The summed E-state index contributed by atoms with van der Waals surface area (Å²) in [6.45, 7) is 8.05. The lowest BCUT2D eigenvalue weighted by atomic mass is 9.97. The Hall–Kier alpha value is -1.28. The van der Waals surface area contributed by atoms with Crippen molar-refractivity contribution < 1.29 is 9.53 Å². The third-order valence-corrected chi connectivity index (χ3v) is 2.43. The van der Waals surface area contributed by atoms with Gasteiger partial charge < -0.3 is 4.74 Å². The van der Waals surface area contributed by atoms with Gasteiger partial charge >= 0.3 is 0 Å². The molecule has 0 aliphatic rings. The Morgan fingerprint density at radius 3 is 2.75 bits per heavy atom. The zero-order valence-corrected chi connectivity index (χ0v) is 10.3. The first-order valence-corrected chi connectivity index (χ1v) is 5.51. The van der Waals surface area contributed by atoms with E-state index in [0.29, 0.717) is 12.2 Å². The maximum Gasteiger partial charge on any atom is 0.252 e. The predicted octanol–water partition coefficient (Wildman–Crippen LogP) is 3.75. The lowest BCUT2D eigenvalue weighted by molar-refractivity contribution is 0.108. The second kappa shape index (κ2) is 5.71. The summed E-state index contributed by atoms with van der Waals surface area (Å²) in [4.78, 5) is 11.2. The van der Waals surface area contributed by atoms with E-state index in [1.165, 1.54) is 0 Å². The lowest BCUT2D eigenvalue weighted by Crippen LogP contribution is -2.01. The Balaban J connectivity index is 3.07. The molecule has 0 aromatic heterocycles. The molecule has 16 heavy (non-hydrogen) atoms. The fourth-order valence-corrected chi connectivity index (χ4v) is 1.61. The number of hydrogen-bond donors (Lipinski definition) is 0. The number of carbonyl (C=O) groups excluding carboxylic acids is 1. The van der Waals surface area contributed by atoms with Crippen LogP contribution in [-0.2, 0) is 0 Å². The number of ether oxygens (including phenoxy) is 1. The summed E-state index contributed by atoms with van der Waals surface area (Å²) in [6.07, 6.45) is 1.68. The highest BCUT2D eigenvalue weighted by atomic mass is 35.5. The van der Waals surface area contributed by atoms with Crippen LogP contribution in [0.1, 0.15) is 35.7 Å². The average molecular weight is 239 g/mol. The fraction of sp³-hybridized carbons (Fsp3) is 0.308. The molecular weight excluding hydrogens is 224 g/mol. The van der Waals surface area contributed by atoms with Crippen LogP contribution in [0.15, 0.2) is 30.9 Å². The normalized spacial score (nSPS) is 10.2. The van der Waals surface area contributed by atoms with Gasteiger partial charge in [-0.1, -0.05) is 26.5 Å². The third kappa shape index (κ3) is 3.11. The van der Waals surface area contributed by atoms with E-state index in [1.807, 2.05) is 19.9 Å². The van der Waals surface area contributed by atoms with E-state index in [2.05, 4.69) is 6.58 Å². The standard InChI is InChI=1S/C13H15ClO2/c1-4-7-16-10-5-6-11(13(14)15)12(8-10)9(2)3/h4-6,8-9H,1,7H2,2-3H3. The van der Waals surface area contributed by atoms with Crippen molar-refractivity contribution in [2.24, 2.45) is 0 Å². The quantitative estimate of drug-likeness (QED) is 0.577. The average Bonchev–Trinajstić information content (AvgIpc) is 2.25. The van der Waals surface area contributed by atoms with Gasteiger partial charge in [0.05, 0.1) is 0 Å². The van der Waals surface area contributed by atoms with Crippen LogP contribution in [-0.4, -0.2) is 11.8 Å². The van der Waals surface area contributed by atoms with Gasteiger partial charge in [-0.05, 0) is 41.3 Å². The number of carbonyl (C=O) groups is 1. The summed E-state index contributed by atoms with van der Waals surface area (Å²) in [5.74, 6) is 0.954. The number of halogens is 1. The number of rotatable bonds is 5. The topological polar surface area (TPSA) is 26.3 Å². The van der Waals surface area contributed by atoms with Gasteiger partial charge in [0, 0.05) is 5.56 Å². The first-order chi connectivity index (χ1) is 7.56. The van der Waals surface area contributed by atoms with E-state index in [-0.39, 0.29) is 5.92 Å². The SMILES string of the molecule is C=CCOc1ccc(C(=O)Cl)c(C(C)C)c1. The summed E-state index contributed by atoms with van der Waals surface area (Å²) < 4.78 is 5.41. The molecule has 0 spiro atoms. The highest BCUT2D eigenvalue weighted by Gasteiger charge is 2.12. The Morgan fingerprint density at radius 1 is 1.56 bits per heavy atom. The van der Waals surface area contributed by atoms with Crippen molar-refractivity contribution in [1.82, 2.24) is 0 Å².